The molecule has 2 aromatic rings. The Morgan fingerprint density at radius 3 is 2.62 bits per heavy atom. The summed E-state index contributed by atoms with van der Waals surface area (Å²) in [6, 6.07) is 5.33. The van der Waals surface area contributed by atoms with Crippen molar-refractivity contribution < 1.29 is 13.2 Å². The highest BCUT2D eigenvalue weighted by Crippen LogP contribution is 2.29. The summed E-state index contributed by atoms with van der Waals surface area (Å²) in [5, 5.41) is 0. The average molecular weight is 294 g/mol. The molecule has 0 saturated heterocycles. The summed E-state index contributed by atoms with van der Waals surface area (Å²) >= 11 is 0. The van der Waals surface area contributed by atoms with E-state index < -0.39 is 11.7 Å². The average Bonchev–Trinajstić information content (AvgIpc) is 2.79. The predicted molar refractivity (Wildman–Crippen MR) is 74.0 cm³/mol. The summed E-state index contributed by atoms with van der Waals surface area (Å²) in [5.41, 5.74) is 1.18. The maximum atomic E-state index is 12.5. The molecule has 1 unspecified atom stereocenters. The molecule has 5 heteroatoms. The van der Waals surface area contributed by atoms with E-state index in [2.05, 4.69) is 16.5 Å². The number of nitrogens with zero attached hydrogens (tertiary/aromatic N) is 2. The highest BCUT2D eigenvalue weighted by atomic mass is 19.4. The van der Waals surface area contributed by atoms with Crippen LogP contribution in [0.25, 0.3) is 0 Å². The van der Waals surface area contributed by atoms with Crippen LogP contribution >= 0.6 is 0 Å². The largest absolute Gasteiger partial charge is 0.416 e. The standard InChI is InChI=1S/C16H17F3N2/c1-11-6-7-21-10-14(20-15(21)8-11)9-12-2-4-13(5-3-12)16(17,18)19/h2-5,10-11H,6-9H2,1H3. The van der Waals surface area contributed by atoms with Crippen molar-refractivity contribution in [2.45, 2.75) is 38.9 Å². The van der Waals surface area contributed by atoms with Gasteiger partial charge in [-0.15, -0.1) is 0 Å². The van der Waals surface area contributed by atoms with Gasteiger partial charge in [0.25, 0.3) is 0 Å². The summed E-state index contributed by atoms with van der Waals surface area (Å²) in [7, 11) is 0. The first-order valence-electron chi connectivity index (χ1n) is 7.13. The molecule has 1 atom stereocenters. The van der Waals surface area contributed by atoms with Crippen molar-refractivity contribution in [3.8, 4) is 0 Å². The number of imidazole rings is 1. The van der Waals surface area contributed by atoms with Crippen molar-refractivity contribution >= 4 is 0 Å². The van der Waals surface area contributed by atoms with Crippen LogP contribution in [0.5, 0.6) is 0 Å². The summed E-state index contributed by atoms with van der Waals surface area (Å²) in [6.07, 6.45) is 0.462. The van der Waals surface area contributed by atoms with E-state index in [-0.39, 0.29) is 0 Å². The van der Waals surface area contributed by atoms with Gasteiger partial charge in [-0.3, -0.25) is 0 Å². The fourth-order valence-corrected chi connectivity index (χ4v) is 2.75. The van der Waals surface area contributed by atoms with Gasteiger partial charge in [-0.1, -0.05) is 19.1 Å². The lowest BCUT2D eigenvalue weighted by molar-refractivity contribution is -0.137. The summed E-state index contributed by atoms with van der Waals surface area (Å²) in [4.78, 5) is 4.61. The number of aryl methyl sites for hydroxylation is 1. The van der Waals surface area contributed by atoms with Gasteiger partial charge in [0.1, 0.15) is 5.82 Å². The van der Waals surface area contributed by atoms with Gasteiger partial charge in [-0.2, -0.15) is 13.2 Å². The van der Waals surface area contributed by atoms with E-state index in [4.69, 9.17) is 0 Å². The van der Waals surface area contributed by atoms with Crippen molar-refractivity contribution in [1.82, 2.24) is 9.55 Å². The molecule has 3 rings (SSSR count). The second-order valence-electron chi connectivity index (χ2n) is 5.81. The number of aromatic nitrogens is 2. The third-order valence-corrected chi connectivity index (χ3v) is 3.97. The Hall–Kier alpha value is -1.78. The molecule has 0 saturated carbocycles. The number of benzene rings is 1. The van der Waals surface area contributed by atoms with E-state index in [9.17, 15) is 13.2 Å². The third-order valence-electron chi connectivity index (χ3n) is 3.97. The van der Waals surface area contributed by atoms with Crippen LogP contribution in [0.3, 0.4) is 0 Å². The van der Waals surface area contributed by atoms with Crippen molar-refractivity contribution in [2.24, 2.45) is 5.92 Å². The lowest BCUT2D eigenvalue weighted by Gasteiger charge is -2.18. The minimum Gasteiger partial charge on any atom is -0.335 e. The molecule has 21 heavy (non-hydrogen) atoms. The number of alkyl halides is 3. The Morgan fingerprint density at radius 1 is 1.24 bits per heavy atom. The Balaban J connectivity index is 1.75. The normalized spacial score (nSPS) is 18.6. The molecule has 1 aliphatic rings. The van der Waals surface area contributed by atoms with Crippen molar-refractivity contribution in [1.29, 1.82) is 0 Å². The van der Waals surface area contributed by atoms with Crippen LogP contribution in [0.15, 0.2) is 30.5 Å². The number of rotatable bonds is 2. The Kier molecular flexibility index (Phi) is 3.51. The second-order valence-corrected chi connectivity index (χ2v) is 5.81. The first-order valence-corrected chi connectivity index (χ1v) is 7.13. The second kappa shape index (κ2) is 5.20. The lowest BCUT2D eigenvalue weighted by atomic mass is 10.0. The molecule has 0 aliphatic carbocycles. The number of hydrogen-bond acceptors (Lipinski definition) is 1. The zero-order chi connectivity index (χ0) is 15.0. The van der Waals surface area contributed by atoms with Crippen LogP contribution in [0.1, 0.15) is 36.0 Å². The van der Waals surface area contributed by atoms with Gasteiger partial charge in [0.2, 0.25) is 0 Å². The minimum absolute atomic E-state index is 0.576. The highest BCUT2D eigenvalue weighted by molar-refractivity contribution is 5.27. The number of hydrogen-bond donors (Lipinski definition) is 0. The molecule has 2 heterocycles. The zero-order valence-electron chi connectivity index (χ0n) is 11.8. The maximum absolute atomic E-state index is 12.5. The lowest BCUT2D eigenvalue weighted by Crippen LogP contribution is -2.16. The van der Waals surface area contributed by atoms with Crippen LogP contribution in [-0.2, 0) is 25.6 Å². The summed E-state index contributed by atoms with van der Waals surface area (Å²) in [5.74, 6) is 1.74. The van der Waals surface area contributed by atoms with E-state index in [1.165, 1.54) is 12.1 Å². The Morgan fingerprint density at radius 2 is 1.95 bits per heavy atom. The molecule has 0 amide bonds. The van der Waals surface area contributed by atoms with Gasteiger partial charge in [0, 0.05) is 25.6 Å². The molecular formula is C16H17F3N2. The number of halogens is 3. The van der Waals surface area contributed by atoms with Crippen molar-refractivity contribution in [3.05, 3.63) is 53.1 Å². The molecular weight excluding hydrogens is 277 g/mol. The molecule has 1 aliphatic heterocycles. The summed E-state index contributed by atoms with van der Waals surface area (Å²) in [6.45, 7) is 3.20. The first-order chi connectivity index (χ1) is 9.91. The molecule has 112 valence electrons. The fraction of sp³-hybridized carbons (Fsp3) is 0.438. The van der Waals surface area contributed by atoms with Gasteiger partial charge in [-0.05, 0) is 30.0 Å². The van der Waals surface area contributed by atoms with Crippen LogP contribution in [0.4, 0.5) is 13.2 Å². The molecule has 0 bridgehead atoms. The van der Waals surface area contributed by atoms with Crippen LogP contribution in [0.2, 0.25) is 0 Å². The molecule has 1 aromatic heterocycles. The first kappa shape index (κ1) is 14.2. The quantitative estimate of drug-likeness (QED) is 0.816. The third kappa shape index (κ3) is 3.12. The minimum atomic E-state index is -4.28. The van der Waals surface area contributed by atoms with Crippen LogP contribution in [-0.4, -0.2) is 9.55 Å². The van der Waals surface area contributed by atoms with Crippen LogP contribution < -0.4 is 0 Å². The monoisotopic (exact) mass is 294 g/mol. The van der Waals surface area contributed by atoms with Gasteiger partial charge in [0.05, 0.1) is 11.3 Å². The molecule has 0 spiro atoms. The Bertz CT molecular complexity index is 626. The Labute approximate surface area is 121 Å². The van der Waals surface area contributed by atoms with Gasteiger partial charge in [-0.25, -0.2) is 4.98 Å². The van der Waals surface area contributed by atoms with E-state index >= 15 is 0 Å². The van der Waals surface area contributed by atoms with Gasteiger partial charge < -0.3 is 4.57 Å². The van der Waals surface area contributed by atoms with Crippen LogP contribution in [0, 0.1) is 5.92 Å². The predicted octanol–water partition coefficient (Wildman–Crippen LogP) is 4.08. The SMILES string of the molecule is CC1CCn2cc(Cc3ccc(C(F)(F)F)cc3)nc2C1. The maximum Gasteiger partial charge on any atom is 0.416 e. The fourth-order valence-electron chi connectivity index (χ4n) is 2.75. The zero-order valence-corrected chi connectivity index (χ0v) is 11.8. The summed E-state index contributed by atoms with van der Waals surface area (Å²) < 4.78 is 39.7. The van der Waals surface area contributed by atoms with Gasteiger partial charge in [0.15, 0.2) is 0 Å². The molecule has 0 N–H and O–H groups in total. The number of fused-ring (bicyclic) bond motifs is 1. The van der Waals surface area contributed by atoms with E-state index in [0.29, 0.717) is 12.3 Å². The van der Waals surface area contributed by atoms with Crippen molar-refractivity contribution in [2.75, 3.05) is 0 Å². The topological polar surface area (TPSA) is 17.8 Å². The van der Waals surface area contributed by atoms with E-state index in [1.807, 2.05) is 6.20 Å². The van der Waals surface area contributed by atoms with Gasteiger partial charge >= 0.3 is 6.18 Å². The molecule has 2 nitrogen and oxygen atoms in total. The molecule has 0 radical (unpaired) electrons. The smallest absolute Gasteiger partial charge is 0.335 e. The van der Waals surface area contributed by atoms with E-state index in [0.717, 1.165) is 48.6 Å². The van der Waals surface area contributed by atoms with E-state index in [1.54, 1.807) is 0 Å². The molecule has 1 aromatic carbocycles. The van der Waals surface area contributed by atoms with Crippen molar-refractivity contribution in [3.63, 3.8) is 0 Å². The highest BCUT2D eigenvalue weighted by Gasteiger charge is 2.29. The molecule has 0 fully saturated rings.